The predicted octanol–water partition coefficient (Wildman–Crippen LogP) is 8.22. The molecule has 2 amide bonds. The van der Waals surface area contributed by atoms with Crippen LogP contribution in [0, 0.1) is 12.8 Å². The van der Waals surface area contributed by atoms with Crippen LogP contribution in [0.5, 0.6) is 0 Å². The molecule has 0 aromatic heterocycles. The van der Waals surface area contributed by atoms with Crippen LogP contribution in [0.25, 0.3) is 0 Å². The Balaban J connectivity index is 1.84. The molecule has 4 aromatic rings. The topological polar surface area (TPSA) is 86.8 Å². The highest BCUT2D eigenvalue weighted by Crippen LogP contribution is 2.31. The minimum atomic E-state index is -4.32. The van der Waals surface area contributed by atoms with Crippen molar-refractivity contribution in [3.8, 4) is 0 Å². The van der Waals surface area contributed by atoms with Gasteiger partial charge in [0.15, 0.2) is 0 Å². The number of aryl methyl sites for hydroxylation is 1. The number of sulfonamides is 1. The number of hydrogen-bond donors (Lipinski definition) is 1. The number of benzene rings is 4. The molecule has 0 radical (unpaired) electrons. The van der Waals surface area contributed by atoms with E-state index in [4.69, 9.17) is 46.4 Å². The Morgan fingerprint density at radius 3 is 2.02 bits per heavy atom. The molecule has 1 N–H and O–H groups in total. The third-order valence-corrected chi connectivity index (χ3v) is 10.3. The highest BCUT2D eigenvalue weighted by Gasteiger charge is 2.35. The number of anilines is 1. The van der Waals surface area contributed by atoms with Crippen molar-refractivity contribution in [2.75, 3.05) is 17.4 Å². The van der Waals surface area contributed by atoms with Crippen LogP contribution in [-0.4, -0.2) is 44.3 Å². The van der Waals surface area contributed by atoms with E-state index in [1.54, 1.807) is 30.3 Å². The molecule has 0 fully saturated rings. The van der Waals surface area contributed by atoms with Crippen LogP contribution in [0.15, 0.2) is 95.9 Å². The van der Waals surface area contributed by atoms with E-state index >= 15 is 0 Å². The molecule has 0 aliphatic heterocycles. The van der Waals surface area contributed by atoms with E-state index in [2.05, 4.69) is 5.32 Å². The Kier molecular flexibility index (Phi) is 12.6. The zero-order valence-electron chi connectivity index (χ0n) is 26.1. The summed E-state index contributed by atoms with van der Waals surface area (Å²) in [5, 5.41) is 3.94. The van der Waals surface area contributed by atoms with E-state index in [0.29, 0.717) is 17.1 Å². The number of nitrogens with zero attached hydrogens (tertiary/aromatic N) is 2. The van der Waals surface area contributed by atoms with Crippen LogP contribution >= 0.6 is 46.4 Å². The van der Waals surface area contributed by atoms with Gasteiger partial charge in [0.25, 0.3) is 10.0 Å². The van der Waals surface area contributed by atoms with Gasteiger partial charge in [-0.15, -0.1) is 0 Å². The molecular formula is C35H35Cl4N3O4S. The first-order valence-corrected chi connectivity index (χ1v) is 17.8. The van der Waals surface area contributed by atoms with Gasteiger partial charge in [-0.3, -0.25) is 13.9 Å². The molecule has 248 valence electrons. The van der Waals surface area contributed by atoms with Crippen LogP contribution in [0.2, 0.25) is 20.1 Å². The van der Waals surface area contributed by atoms with Crippen molar-refractivity contribution in [3.05, 3.63) is 128 Å². The van der Waals surface area contributed by atoms with E-state index in [1.165, 1.54) is 35.2 Å². The summed E-state index contributed by atoms with van der Waals surface area (Å²) in [6, 6.07) is 23.8. The summed E-state index contributed by atoms with van der Waals surface area (Å²) in [5.41, 5.74) is 2.37. The summed E-state index contributed by atoms with van der Waals surface area (Å²) in [5.74, 6) is -0.864. The SMILES string of the molecule is Cc1ccc(S(=O)(=O)N(CC(=O)N(Cc2ccc(Cl)c(Cl)c2)[C@@H](Cc2ccccc2)C(=O)NCC(C)C)c2cc(Cl)cc(Cl)c2)cc1. The van der Waals surface area contributed by atoms with Crippen molar-refractivity contribution in [2.24, 2.45) is 5.92 Å². The van der Waals surface area contributed by atoms with E-state index in [1.807, 2.05) is 51.1 Å². The molecular weight excluding hydrogens is 700 g/mol. The lowest BCUT2D eigenvalue weighted by atomic mass is 10.0. The normalized spacial score (nSPS) is 12.1. The molecule has 0 spiro atoms. The van der Waals surface area contributed by atoms with Crippen molar-refractivity contribution in [2.45, 2.75) is 44.7 Å². The Bertz CT molecular complexity index is 1800. The number of carbonyl (C=O) groups is 2. The van der Waals surface area contributed by atoms with Crippen LogP contribution in [0.4, 0.5) is 5.69 Å². The summed E-state index contributed by atoms with van der Waals surface area (Å²) in [6.45, 7) is 5.44. The largest absolute Gasteiger partial charge is 0.354 e. The fourth-order valence-corrected chi connectivity index (χ4v) is 7.09. The summed E-state index contributed by atoms with van der Waals surface area (Å²) < 4.78 is 29.4. The number of amides is 2. The second-order valence-corrected chi connectivity index (χ2v) is 15.1. The van der Waals surface area contributed by atoms with Crippen molar-refractivity contribution >= 4 is 73.9 Å². The zero-order valence-corrected chi connectivity index (χ0v) is 29.9. The van der Waals surface area contributed by atoms with Gasteiger partial charge in [0.05, 0.1) is 20.6 Å². The molecule has 4 rings (SSSR count). The molecule has 12 heteroatoms. The van der Waals surface area contributed by atoms with Crippen LogP contribution in [0.1, 0.15) is 30.5 Å². The molecule has 7 nitrogen and oxygen atoms in total. The van der Waals surface area contributed by atoms with Gasteiger partial charge in [-0.1, -0.05) is 114 Å². The zero-order chi connectivity index (χ0) is 34.3. The highest BCUT2D eigenvalue weighted by molar-refractivity contribution is 7.92. The minimum Gasteiger partial charge on any atom is -0.354 e. The average Bonchev–Trinajstić information content (AvgIpc) is 3.02. The maximum atomic E-state index is 14.6. The Morgan fingerprint density at radius 1 is 0.787 bits per heavy atom. The summed E-state index contributed by atoms with van der Waals surface area (Å²) in [6.07, 6.45) is 0.172. The monoisotopic (exact) mass is 733 g/mol. The van der Waals surface area contributed by atoms with Gasteiger partial charge >= 0.3 is 0 Å². The van der Waals surface area contributed by atoms with E-state index in [-0.39, 0.29) is 50.4 Å². The smallest absolute Gasteiger partial charge is 0.264 e. The molecule has 0 saturated carbocycles. The molecule has 4 aromatic carbocycles. The highest BCUT2D eigenvalue weighted by atomic mass is 35.5. The van der Waals surface area contributed by atoms with Crippen molar-refractivity contribution in [3.63, 3.8) is 0 Å². The molecule has 0 saturated heterocycles. The Hall–Kier alpha value is -3.27. The quantitative estimate of drug-likeness (QED) is 0.150. The lowest BCUT2D eigenvalue weighted by molar-refractivity contribution is -0.140. The minimum absolute atomic E-state index is 0.0291. The van der Waals surface area contributed by atoms with Crippen LogP contribution in [0.3, 0.4) is 0 Å². The first kappa shape index (κ1) is 36.6. The predicted molar refractivity (Wildman–Crippen MR) is 191 cm³/mol. The molecule has 1 atom stereocenters. The number of carbonyl (C=O) groups excluding carboxylic acids is 2. The number of nitrogens with one attached hydrogen (secondary N) is 1. The molecule has 0 aliphatic carbocycles. The van der Waals surface area contributed by atoms with Crippen LogP contribution < -0.4 is 9.62 Å². The Morgan fingerprint density at radius 2 is 1.43 bits per heavy atom. The van der Waals surface area contributed by atoms with Gasteiger partial charge in [0, 0.05) is 29.6 Å². The lowest BCUT2D eigenvalue weighted by Crippen LogP contribution is -2.53. The third kappa shape index (κ3) is 9.87. The summed E-state index contributed by atoms with van der Waals surface area (Å²) in [7, 11) is -4.32. The third-order valence-electron chi connectivity index (χ3n) is 7.32. The van der Waals surface area contributed by atoms with E-state index in [9.17, 15) is 18.0 Å². The molecule has 0 aliphatic rings. The molecule has 0 heterocycles. The molecule has 47 heavy (non-hydrogen) atoms. The maximum Gasteiger partial charge on any atom is 0.264 e. The fraction of sp³-hybridized carbons (Fsp3) is 0.257. The van der Waals surface area contributed by atoms with Gasteiger partial charge in [0.1, 0.15) is 12.6 Å². The first-order chi connectivity index (χ1) is 22.2. The molecule has 0 unspecified atom stereocenters. The fourth-order valence-electron chi connectivity index (χ4n) is 4.86. The summed E-state index contributed by atoms with van der Waals surface area (Å²) >= 11 is 25.1. The maximum absolute atomic E-state index is 14.6. The van der Waals surface area contributed by atoms with Gasteiger partial charge in [-0.25, -0.2) is 8.42 Å². The van der Waals surface area contributed by atoms with Crippen molar-refractivity contribution in [1.29, 1.82) is 0 Å². The van der Waals surface area contributed by atoms with Gasteiger partial charge in [-0.2, -0.15) is 0 Å². The van der Waals surface area contributed by atoms with E-state index < -0.39 is 28.5 Å². The second kappa shape index (κ2) is 16.2. The average molecular weight is 736 g/mol. The first-order valence-electron chi connectivity index (χ1n) is 14.8. The van der Waals surface area contributed by atoms with Gasteiger partial charge < -0.3 is 10.2 Å². The standard InChI is InChI=1S/C35H35Cl4N3O4S/c1-23(2)20-40-35(44)33(16-25-7-5-4-6-8-25)41(21-26-11-14-31(38)32(39)15-26)34(43)22-42(29-18-27(36)17-28(37)19-29)47(45,46)30-12-9-24(3)10-13-30/h4-15,17-19,23,33H,16,20-22H2,1-3H3,(H,40,44)/t33-/m0/s1. The number of hydrogen-bond acceptors (Lipinski definition) is 4. The lowest BCUT2D eigenvalue weighted by Gasteiger charge is -2.34. The van der Waals surface area contributed by atoms with Crippen molar-refractivity contribution in [1.82, 2.24) is 10.2 Å². The van der Waals surface area contributed by atoms with Gasteiger partial charge in [-0.05, 0) is 66.4 Å². The van der Waals surface area contributed by atoms with Crippen molar-refractivity contribution < 1.29 is 18.0 Å². The second-order valence-electron chi connectivity index (χ2n) is 11.6. The number of halogens is 4. The summed E-state index contributed by atoms with van der Waals surface area (Å²) in [4.78, 5) is 29.8. The van der Waals surface area contributed by atoms with E-state index in [0.717, 1.165) is 15.4 Å². The Labute approximate surface area is 296 Å². The van der Waals surface area contributed by atoms with Gasteiger partial charge in [0.2, 0.25) is 11.8 Å². The van der Waals surface area contributed by atoms with Crippen LogP contribution in [-0.2, 0) is 32.6 Å². The molecule has 0 bridgehead atoms. The number of rotatable bonds is 13.